The van der Waals surface area contributed by atoms with Crippen LogP contribution in [-0.2, 0) is 0 Å². The quantitative estimate of drug-likeness (QED) is 0.143. The minimum absolute atomic E-state index is 0.514. The van der Waals surface area contributed by atoms with Gasteiger partial charge in [0.1, 0.15) is 0 Å². The zero-order chi connectivity index (χ0) is 42.4. The fourth-order valence-corrected chi connectivity index (χ4v) is 9.45. The largest absolute Gasteiger partial charge is 0.308 e. The third-order valence-electron chi connectivity index (χ3n) is 12.5. The first-order valence-electron chi connectivity index (χ1n) is 21.9. The summed E-state index contributed by atoms with van der Waals surface area (Å²) in [6, 6.07) is 59.6. The zero-order valence-electron chi connectivity index (χ0n) is 35.5. The van der Waals surface area contributed by atoms with Crippen molar-refractivity contribution in [1.29, 1.82) is 0 Å². The minimum Gasteiger partial charge on any atom is -0.308 e. The highest BCUT2D eigenvalue weighted by molar-refractivity contribution is 6.18. The van der Waals surface area contributed by atoms with Crippen LogP contribution in [-0.4, -0.2) is 14.5 Å². The van der Waals surface area contributed by atoms with E-state index in [0.29, 0.717) is 5.92 Å². The molecule has 0 radical (unpaired) electrons. The molecule has 0 amide bonds. The highest BCUT2D eigenvalue weighted by Gasteiger charge is 2.26. The van der Waals surface area contributed by atoms with Crippen LogP contribution >= 0.6 is 0 Å². The molecule has 11 rings (SSSR count). The number of aromatic nitrogens is 3. The second-order valence-electron chi connectivity index (χ2n) is 16.6. The van der Waals surface area contributed by atoms with Gasteiger partial charge in [-0.2, -0.15) is 0 Å². The number of rotatable bonds is 8. The van der Waals surface area contributed by atoms with Crippen LogP contribution in [0.3, 0.4) is 0 Å². The summed E-state index contributed by atoms with van der Waals surface area (Å²) < 4.78 is 2.50. The number of hydrogen-bond acceptors (Lipinski definition) is 2. The number of pyridine rings is 2. The van der Waals surface area contributed by atoms with Crippen LogP contribution in [0.25, 0.3) is 106 Å². The maximum atomic E-state index is 5.25. The SMILES string of the molecule is C=C/C=C(\C=C/C)c1cc(-c2ccc3c(c2)-c2ccccc2-c2cc(-c4cc(-c5ccccc5)nc(-c5ccccc5)c4)cc4c5ccccc5n-3c24)cc(C2=CCC(C)C=C2)n1. The summed E-state index contributed by atoms with van der Waals surface area (Å²) in [7, 11) is 0. The van der Waals surface area contributed by atoms with Crippen LogP contribution < -0.4 is 0 Å². The van der Waals surface area contributed by atoms with Gasteiger partial charge in [-0.3, -0.25) is 0 Å². The molecule has 9 aromatic rings. The average Bonchev–Trinajstić information content (AvgIpc) is 3.62. The lowest BCUT2D eigenvalue weighted by Gasteiger charge is -2.17. The van der Waals surface area contributed by atoms with Crippen molar-refractivity contribution >= 4 is 33.0 Å². The molecule has 3 nitrogen and oxygen atoms in total. The molecule has 4 heterocycles. The van der Waals surface area contributed by atoms with Gasteiger partial charge in [0.2, 0.25) is 0 Å². The summed E-state index contributed by atoms with van der Waals surface area (Å²) in [6.07, 6.45) is 15.9. The van der Waals surface area contributed by atoms with E-state index >= 15 is 0 Å². The number of para-hydroxylation sites is 1. The van der Waals surface area contributed by atoms with E-state index in [1.807, 2.05) is 19.1 Å². The summed E-state index contributed by atoms with van der Waals surface area (Å²) in [5.41, 5.74) is 21.0. The molecule has 1 unspecified atom stereocenters. The van der Waals surface area contributed by atoms with Crippen LogP contribution in [0.15, 0.2) is 213 Å². The highest BCUT2D eigenvalue weighted by Crippen LogP contribution is 2.49. The Morgan fingerprint density at radius 2 is 1.22 bits per heavy atom. The van der Waals surface area contributed by atoms with Crippen molar-refractivity contribution in [3.63, 3.8) is 0 Å². The molecule has 0 N–H and O–H groups in total. The van der Waals surface area contributed by atoms with Gasteiger partial charge in [0.25, 0.3) is 0 Å². The molecule has 3 aromatic heterocycles. The first-order chi connectivity index (χ1) is 31.0. The van der Waals surface area contributed by atoms with E-state index in [1.54, 1.807) is 0 Å². The molecular formula is C60H45N3. The fourth-order valence-electron chi connectivity index (χ4n) is 9.45. The molecule has 0 saturated carbocycles. The zero-order valence-corrected chi connectivity index (χ0v) is 35.5. The van der Waals surface area contributed by atoms with Gasteiger partial charge in [-0.15, -0.1) is 0 Å². The monoisotopic (exact) mass is 807 g/mol. The molecule has 3 heteroatoms. The number of allylic oxidation sites excluding steroid dienone is 9. The van der Waals surface area contributed by atoms with Crippen molar-refractivity contribution in [3.05, 3.63) is 224 Å². The first-order valence-corrected chi connectivity index (χ1v) is 21.9. The van der Waals surface area contributed by atoms with Crippen molar-refractivity contribution in [2.75, 3.05) is 0 Å². The summed E-state index contributed by atoms with van der Waals surface area (Å²) >= 11 is 0. The third kappa shape index (κ3) is 6.79. The van der Waals surface area contributed by atoms with E-state index in [1.165, 1.54) is 44.1 Å². The fraction of sp³-hybridized carbons (Fsp3) is 0.0667. The average molecular weight is 808 g/mol. The Labute approximate surface area is 369 Å². The van der Waals surface area contributed by atoms with Gasteiger partial charge in [0, 0.05) is 33.0 Å². The van der Waals surface area contributed by atoms with Crippen molar-refractivity contribution < 1.29 is 0 Å². The Balaban J connectivity index is 1.14. The van der Waals surface area contributed by atoms with Crippen LogP contribution in [0.5, 0.6) is 0 Å². The number of fused-ring (bicyclic) bond motifs is 8. The number of hydrogen-bond donors (Lipinski definition) is 0. The van der Waals surface area contributed by atoms with Crippen molar-refractivity contribution in [2.24, 2.45) is 5.92 Å². The van der Waals surface area contributed by atoms with Gasteiger partial charge < -0.3 is 4.57 Å². The van der Waals surface area contributed by atoms with E-state index < -0.39 is 0 Å². The van der Waals surface area contributed by atoms with Crippen LogP contribution in [0, 0.1) is 5.92 Å². The van der Waals surface area contributed by atoms with Crippen molar-refractivity contribution in [1.82, 2.24) is 14.5 Å². The first kappa shape index (κ1) is 38.1. The van der Waals surface area contributed by atoms with Crippen molar-refractivity contribution in [2.45, 2.75) is 20.3 Å². The molecule has 2 aliphatic rings. The molecule has 1 aliphatic carbocycles. The second-order valence-corrected chi connectivity index (χ2v) is 16.6. The molecule has 0 fully saturated rings. The lowest BCUT2D eigenvalue weighted by molar-refractivity contribution is 0.738. The smallest absolute Gasteiger partial charge is 0.0715 e. The molecule has 300 valence electrons. The van der Waals surface area contributed by atoms with Gasteiger partial charge >= 0.3 is 0 Å². The van der Waals surface area contributed by atoms with E-state index in [-0.39, 0.29) is 0 Å². The van der Waals surface area contributed by atoms with Gasteiger partial charge in [-0.05, 0) is 118 Å². The number of nitrogens with zero attached hydrogens (tertiary/aromatic N) is 3. The normalized spacial score (nSPS) is 14.4. The molecular weight excluding hydrogens is 763 g/mol. The molecule has 6 aromatic carbocycles. The lowest BCUT2D eigenvalue weighted by Crippen LogP contribution is -2.00. The Morgan fingerprint density at radius 3 is 1.92 bits per heavy atom. The third-order valence-corrected chi connectivity index (χ3v) is 12.5. The van der Waals surface area contributed by atoms with Crippen LogP contribution in [0.2, 0.25) is 0 Å². The Bertz CT molecular complexity index is 3340. The summed E-state index contributed by atoms with van der Waals surface area (Å²) in [4.78, 5) is 10.5. The van der Waals surface area contributed by atoms with Crippen LogP contribution in [0.1, 0.15) is 31.7 Å². The highest BCUT2D eigenvalue weighted by atomic mass is 15.0. The Kier molecular flexibility index (Phi) is 9.59. The molecule has 0 saturated heterocycles. The van der Waals surface area contributed by atoms with E-state index in [4.69, 9.17) is 9.97 Å². The standard InChI is InChI=1S/C60H45N3/c1-4-16-40(17-5-2)54-35-46(36-57(61-54)43-28-26-39(3)27-29-43)44-30-31-59-51(32-44)48-22-12-13-23-49(48)52-33-45(34-53-50-24-14-15-25-58(50)63(59)60(52)53)47-37-55(41-18-8-6-9-19-41)62-56(38-47)42-20-10-7-11-21-42/h4-26,28-39H,1,27H2,2-3H3/b17-5-,40-16+. The Hall–Kier alpha value is -7.88. The summed E-state index contributed by atoms with van der Waals surface area (Å²) in [5.74, 6) is 0.514. The molecule has 1 atom stereocenters. The topological polar surface area (TPSA) is 30.7 Å². The molecule has 1 aliphatic heterocycles. The maximum Gasteiger partial charge on any atom is 0.0715 e. The van der Waals surface area contributed by atoms with Crippen molar-refractivity contribution in [3.8, 4) is 72.7 Å². The minimum atomic E-state index is 0.514. The molecule has 0 bridgehead atoms. The number of benzene rings is 6. The summed E-state index contributed by atoms with van der Waals surface area (Å²) in [5, 5.41) is 2.45. The summed E-state index contributed by atoms with van der Waals surface area (Å²) in [6.45, 7) is 8.33. The van der Waals surface area contributed by atoms with Gasteiger partial charge in [0.15, 0.2) is 0 Å². The van der Waals surface area contributed by atoms with Gasteiger partial charge in [-0.25, -0.2) is 9.97 Å². The van der Waals surface area contributed by atoms with Gasteiger partial charge in [0.05, 0.1) is 39.5 Å². The Morgan fingerprint density at radius 1 is 0.587 bits per heavy atom. The van der Waals surface area contributed by atoms with E-state index in [0.717, 1.165) is 79.4 Å². The molecule has 63 heavy (non-hydrogen) atoms. The van der Waals surface area contributed by atoms with Gasteiger partial charge in [-0.1, -0.05) is 165 Å². The maximum absolute atomic E-state index is 5.25. The predicted molar refractivity (Wildman–Crippen MR) is 266 cm³/mol. The van der Waals surface area contributed by atoms with Crippen LogP contribution in [0.4, 0.5) is 0 Å². The van der Waals surface area contributed by atoms with E-state index in [9.17, 15) is 0 Å². The predicted octanol–water partition coefficient (Wildman–Crippen LogP) is 16.0. The molecule has 0 spiro atoms. The van der Waals surface area contributed by atoms with E-state index in [2.05, 4.69) is 212 Å². The lowest BCUT2D eigenvalue weighted by atomic mass is 9.89. The second kappa shape index (κ2) is 15.9.